The molecule has 0 saturated heterocycles. The molecule has 8 heteroatoms. The minimum atomic E-state index is -0.849. The summed E-state index contributed by atoms with van der Waals surface area (Å²) >= 11 is 0. The van der Waals surface area contributed by atoms with Gasteiger partial charge in [-0.1, -0.05) is 13.8 Å². The Labute approximate surface area is 218 Å². The molecule has 0 bridgehead atoms. The van der Waals surface area contributed by atoms with Crippen molar-refractivity contribution in [2.45, 2.75) is 102 Å². The maximum absolute atomic E-state index is 12.4. The SMILES string of the molecule is C[C@]12CC[C@H](NC(=O)NCCCC(=O)O)C[C@H]1CC[C@@H]1[C@@H]2CC[C@]2(C)[C@@H](c3ccc(=O)oc3)CC[C@]12O. The van der Waals surface area contributed by atoms with E-state index in [0.29, 0.717) is 24.8 Å². The highest BCUT2D eigenvalue weighted by Gasteiger charge is 2.67. The van der Waals surface area contributed by atoms with Crippen LogP contribution in [-0.2, 0) is 4.79 Å². The summed E-state index contributed by atoms with van der Waals surface area (Å²) in [5, 5.41) is 27.0. The number of hydrogen-bond acceptors (Lipinski definition) is 5. The second-order valence-corrected chi connectivity index (χ2v) is 12.7. The van der Waals surface area contributed by atoms with Gasteiger partial charge in [0.2, 0.25) is 0 Å². The Morgan fingerprint density at radius 1 is 1.05 bits per heavy atom. The molecule has 4 aliphatic carbocycles. The smallest absolute Gasteiger partial charge is 0.335 e. The standard InChI is InChI=1S/C29H42N2O6/c1-27-12-9-20(31-26(35)30-15-3-4-24(32)33)16-19(27)6-7-23-22(27)10-13-28(2)21(11-14-29(23,28)36)18-5-8-25(34)37-17-18/h5,8,17,19-23,36H,3-4,6-7,9-16H2,1-2H3,(H,32,33)(H2,30,31,35)/t19-,20+,21-,22+,23-,27+,28-,29+/m1/s1. The molecule has 0 spiro atoms. The number of carbonyl (C=O) groups excluding carboxylic acids is 1. The zero-order valence-corrected chi connectivity index (χ0v) is 22.1. The average Bonchev–Trinajstić information content (AvgIpc) is 3.14. The van der Waals surface area contributed by atoms with E-state index in [9.17, 15) is 19.5 Å². The van der Waals surface area contributed by atoms with Crippen LogP contribution in [0.15, 0.2) is 27.6 Å². The van der Waals surface area contributed by atoms with Crippen LogP contribution in [0.1, 0.15) is 96.0 Å². The molecular weight excluding hydrogens is 472 g/mol. The first-order valence-electron chi connectivity index (χ1n) is 14.1. The topological polar surface area (TPSA) is 129 Å². The molecule has 204 valence electrons. The summed E-state index contributed by atoms with van der Waals surface area (Å²) in [6, 6.07) is 3.31. The summed E-state index contributed by atoms with van der Waals surface area (Å²) in [7, 11) is 0. The summed E-state index contributed by atoms with van der Waals surface area (Å²) < 4.78 is 5.20. The number of rotatable bonds is 6. The van der Waals surface area contributed by atoms with Crippen molar-refractivity contribution in [2.24, 2.45) is 28.6 Å². The van der Waals surface area contributed by atoms with Crippen LogP contribution in [0.3, 0.4) is 0 Å². The molecule has 4 saturated carbocycles. The summed E-state index contributed by atoms with van der Waals surface area (Å²) in [5.41, 5.74) is -0.0833. The number of nitrogens with one attached hydrogen (secondary N) is 2. The highest BCUT2D eigenvalue weighted by Crippen LogP contribution is 2.70. The maximum atomic E-state index is 12.4. The minimum Gasteiger partial charge on any atom is -0.481 e. The zero-order valence-electron chi connectivity index (χ0n) is 22.1. The van der Waals surface area contributed by atoms with Gasteiger partial charge in [-0.3, -0.25) is 4.79 Å². The lowest BCUT2D eigenvalue weighted by Crippen LogP contribution is -2.62. The van der Waals surface area contributed by atoms with Gasteiger partial charge in [-0.25, -0.2) is 9.59 Å². The third kappa shape index (κ3) is 4.49. The van der Waals surface area contributed by atoms with Gasteiger partial charge in [-0.2, -0.15) is 0 Å². The molecule has 5 rings (SSSR count). The fourth-order valence-electron chi connectivity index (χ4n) is 9.14. The number of aliphatic hydroxyl groups is 1. The van der Waals surface area contributed by atoms with E-state index in [2.05, 4.69) is 24.5 Å². The van der Waals surface area contributed by atoms with E-state index in [-0.39, 0.29) is 46.8 Å². The van der Waals surface area contributed by atoms with Gasteiger partial charge >= 0.3 is 17.6 Å². The summed E-state index contributed by atoms with van der Waals surface area (Å²) in [6.07, 6.45) is 10.9. The van der Waals surface area contributed by atoms with Crippen molar-refractivity contribution in [1.82, 2.24) is 10.6 Å². The van der Waals surface area contributed by atoms with E-state index in [1.54, 1.807) is 6.26 Å². The average molecular weight is 515 g/mol. The molecular formula is C29H42N2O6. The Bertz CT molecular complexity index is 1070. The molecule has 4 fully saturated rings. The number of urea groups is 1. The number of fused-ring (bicyclic) bond motifs is 5. The molecule has 8 atom stereocenters. The Morgan fingerprint density at radius 2 is 1.86 bits per heavy atom. The summed E-state index contributed by atoms with van der Waals surface area (Å²) in [5.74, 6) is 0.618. The zero-order chi connectivity index (χ0) is 26.4. The van der Waals surface area contributed by atoms with Crippen molar-refractivity contribution in [3.63, 3.8) is 0 Å². The van der Waals surface area contributed by atoms with Crippen molar-refractivity contribution in [2.75, 3.05) is 6.54 Å². The van der Waals surface area contributed by atoms with Crippen LogP contribution in [0.2, 0.25) is 0 Å². The van der Waals surface area contributed by atoms with E-state index >= 15 is 0 Å². The number of amides is 2. The van der Waals surface area contributed by atoms with Crippen molar-refractivity contribution < 1.29 is 24.2 Å². The molecule has 0 unspecified atom stereocenters. The number of hydrogen-bond donors (Lipinski definition) is 4. The lowest BCUT2D eigenvalue weighted by molar-refractivity contribution is -0.201. The van der Waals surface area contributed by atoms with E-state index < -0.39 is 11.6 Å². The van der Waals surface area contributed by atoms with Gasteiger partial charge < -0.3 is 25.3 Å². The van der Waals surface area contributed by atoms with Gasteiger partial charge in [0, 0.05) is 30.5 Å². The maximum Gasteiger partial charge on any atom is 0.335 e. The quantitative estimate of drug-likeness (QED) is 0.416. The molecule has 0 aromatic carbocycles. The highest BCUT2D eigenvalue weighted by atomic mass is 16.4. The molecule has 1 aromatic heterocycles. The van der Waals surface area contributed by atoms with Gasteiger partial charge in [-0.15, -0.1) is 0 Å². The Balaban J connectivity index is 1.24. The first kappa shape index (κ1) is 26.3. The molecule has 4 aliphatic rings. The highest BCUT2D eigenvalue weighted by molar-refractivity contribution is 5.74. The largest absolute Gasteiger partial charge is 0.481 e. The third-order valence-corrected chi connectivity index (χ3v) is 11.2. The Morgan fingerprint density at radius 3 is 2.59 bits per heavy atom. The van der Waals surface area contributed by atoms with E-state index in [4.69, 9.17) is 9.52 Å². The number of aliphatic carboxylic acids is 1. The van der Waals surface area contributed by atoms with Crippen LogP contribution in [0, 0.1) is 28.6 Å². The molecule has 0 radical (unpaired) electrons. The lowest BCUT2D eigenvalue weighted by atomic mass is 9.43. The van der Waals surface area contributed by atoms with Crippen molar-refractivity contribution in [1.29, 1.82) is 0 Å². The Hall–Kier alpha value is -2.35. The molecule has 1 heterocycles. The van der Waals surface area contributed by atoms with Gasteiger partial charge in [0.25, 0.3) is 0 Å². The minimum absolute atomic E-state index is 0.0561. The van der Waals surface area contributed by atoms with Crippen LogP contribution < -0.4 is 16.3 Å². The van der Waals surface area contributed by atoms with Gasteiger partial charge in [-0.05, 0) is 105 Å². The Kier molecular flexibility index (Phi) is 6.92. The van der Waals surface area contributed by atoms with Gasteiger partial charge in [0.05, 0.1) is 11.9 Å². The molecule has 2 amide bonds. The van der Waals surface area contributed by atoms with Gasteiger partial charge in [0.1, 0.15) is 0 Å². The van der Waals surface area contributed by atoms with E-state index in [0.717, 1.165) is 63.4 Å². The van der Waals surface area contributed by atoms with Crippen molar-refractivity contribution in [3.05, 3.63) is 34.4 Å². The van der Waals surface area contributed by atoms with Crippen LogP contribution in [-0.4, -0.2) is 40.4 Å². The van der Waals surface area contributed by atoms with Crippen LogP contribution in [0.4, 0.5) is 4.79 Å². The predicted molar refractivity (Wildman–Crippen MR) is 138 cm³/mol. The van der Waals surface area contributed by atoms with E-state index in [1.807, 2.05) is 6.07 Å². The first-order chi connectivity index (χ1) is 17.6. The second-order valence-electron chi connectivity index (χ2n) is 12.7. The number of carboxylic acid groups (broad SMARTS) is 1. The van der Waals surface area contributed by atoms with Crippen LogP contribution >= 0.6 is 0 Å². The normalized spacial score (nSPS) is 40.7. The number of carbonyl (C=O) groups is 2. The van der Waals surface area contributed by atoms with Gasteiger partial charge in [0.15, 0.2) is 0 Å². The van der Waals surface area contributed by atoms with Crippen molar-refractivity contribution >= 4 is 12.0 Å². The van der Waals surface area contributed by atoms with Crippen molar-refractivity contribution in [3.8, 4) is 0 Å². The van der Waals surface area contributed by atoms with E-state index in [1.165, 1.54) is 6.07 Å². The fraction of sp³-hybridized carbons (Fsp3) is 0.759. The molecule has 1 aromatic rings. The third-order valence-electron chi connectivity index (χ3n) is 11.2. The molecule has 37 heavy (non-hydrogen) atoms. The first-order valence-corrected chi connectivity index (χ1v) is 14.1. The molecule has 4 N–H and O–H groups in total. The second kappa shape index (κ2) is 9.75. The van der Waals surface area contributed by atoms with Crippen LogP contribution in [0.5, 0.6) is 0 Å². The monoisotopic (exact) mass is 514 g/mol. The van der Waals surface area contributed by atoms with Crippen LogP contribution in [0.25, 0.3) is 0 Å². The predicted octanol–water partition coefficient (Wildman–Crippen LogP) is 4.41. The summed E-state index contributed by atoms with van der Waals surface area (Å²) in [4.78, 5) is 34.5. The fourth-order valence-corrected chi connectivity index (χ4v) is 9.14. The molecule has 8 nitrogen and oxygen atoms in total. The summed E-state index contributed by atoms with van der Waals surface area (Å²) in [6.45, 7) is 5.06. The lowest BCUT2D eigenvalue weighted by Gasteiger charge is -2.63. The number of carboxylic acids is 1. The molecule has 0 aliphatic heterocycles.